The van der Waals surface area contributed by atoms with Crippen molar-refractivity contribution < 1.29 is 14.3 Å². The maximum absolute atomic E-state index is 12.4. The molecule has 1 aliphatic carbocycles. The molecule has 136 valence electrons. The highest BCUT2D eigenvalue weighted by Gasteiger charge is 2.19. The molecule has 3 rings (SSSR count). The quantitative estimate of drug-likeness (QED) is 0.752. The molecule has 1 aromatic carbocycles. The lowest BCUT2D eigenvalue weighted by molar-refractivity contribution is -0.124. The van der Waals surface area contributed by atoms with Gasteiger partial charge in [-0.3, -0.25) is 4.79 Å². The second-order valence-corrected chi connectivity index (χ2v) is 7.54. The average molecular weight is 391 g/mol. The Morgan fingerprint density at radius 2 is 1.92 bits per heavy atom. The second-order valence-electron chi connectivity index (χ2n) is 6.04. The second kappa shape index (κ2) is 9.05. The fraction of sp³-hybridized carbons (Fsp3) is 0.316. The summed E-state index contributed by atoms with van der Waals surface area (Å²) in [6, 6.07) is 10.8. The van der Waals surface area contributed by atoms with E-state index in [1.54, 1.807) is 30.5 Å². The molecule has 0 aliphatic heterocycles. The Morgan fingerprint density at radius 1 is 1.19 bits per heavy atom. The number of amides is 1. The molecule has 1 N–H and O–H groups in total. The number of aromatic nitrogens is 1. The third-order valence-corrected chi connectivity index (χ3v) is 5.35. The Balaban J connectivity index is 1.60. The Bertz CT molecular complexity index is 777. The van der Waals surface area contributed by atoms with Gasteiger partial charge < -0.3 is 10.1 Å². The van der Waals surface area contributed by atoms with E-state index >= 15 is 0 Å². The highest BCUT2D eigenvalue weighted by atomic mass is 35.5. The Kier molecular flexibility index (Phi) is 6.52. The van der Waals surface area contributed by atoms with Gasteiger partial charge in [-0.1, -0.05) is 36.2 Å². The molecule has 1 aromatic heterocycles. The molecule has 0 spiro atoms. The van der Waals surface area contributed by atoms with Crippen LogP contribution in [0.1, 0.15) is 36.0 Å². The highest BCUT2D eigenvalue weighted by Crippen LogP contribution is 2.29. The van der Waals surface area contributed by atoms with Gasteiger partial charge in [0.2, 0.25) is 0 Å². The zero-order chi connectivity index (χ0) is 18.4. The normalized spacial score (nSPS) is 14.2. The van der Waals surface area contributed by atoms with E-state index in [2.05, 4.69) is 10.3 Å². The van der Waals surface area contributed by atoms with Crippen LogP contribution in [0.15, 0.2) is 52.5 Å². The van der Waals surface area contributed by atoms with Crippen molar-refractivity contribution in [2.75, 3.05) is 6.61 Å². The molecule has 0 unspecified atom stereocenters. The van der Waals surface area contributed by atoms with Crippen LogP contribution in [-0.4, -0.2) is 29.5 Å². The summed E-state index contributed by atoms with van der Waals surface area (Å²) in [5.74, 6) is -0.822. The molecule has 0 saturated heterocycles. The van der Waals surface area contributed by atoms with Gasteiger partial charge in [-0.25, -0.2) is 9.78 Å². The van der Waals surface area contributed by atoms with Crippen molar-refractivity contribution in [3.63, 3.8) is 0 Å². The summed E-state index contributed by atoms with van der Waals surface area (Å²) >= 11 is 7.23. The van der Waals surface area contributed by atoms with Crippen molar-refractivity contribution in [1.82, 2.24) is 10.3 Å². The standard InChI is InChI=1S/C19H19ClN2O3S/c20-13-7-9-15(10-8-13)26-18-16(6-3-11-21-18)19(24)25-12-17(23)22-14-4-1-2-5-14/h3,6-11,14H,1-2,4-5,12H2,(H,22,23). The Hall–Kier alpha value is -2.05. The van der Waals surface area contributed by atoms with Gasteiger partial charge in [0.05, 0.1) is 5.56 Å². The predicted octanol–water partition coefficient (Wildman–Crippen LogP) is 4.10. The number of rotatable bonds is 6. The first-order chi connectivity index (χ1) is 12.6. The van der Waals surface area contributed by atoms with Crippen LogP contribution in [0, 0.1) is 0 Å². The van der Waals surface area contributed by atoms with Gasteiger partial charge in [-0.2, -0.15) is 0 Å². The van der Waals surface area contributed by atoms with Gasteiger partial charge >= 0.3 is 5.97 Å². The van der Waals surface area contributed by atoms with E-state index in [1.807, 2.05) is 12.1 Å². The number of carbonyl (C=O) groups is 2. The average Bonchev–Trinajstić information content (AvgIpc) is 3.15. The van der Waals surface area contributed by atoms with E-state index in [4.69, 9.17) is 16.3 Å². The van der Waals surface area contributed by atoms with Gasteiger partial charge in [-0.15, -0.1) is 0 Å². The lowest BCUT2D eigenvalue weighted by atomic mass is 10.2. The number of nitrogens with zero attached hydrogens (tertiary/aromatic N) is 1. The van der Waals surface area contributed by atoms with Crippen molar-refractivity contribution in [3.8, 4) is 0 Å². The molecule has 1 aliphatic rings. The lowest BCUT2D eigenvalue weighted by Crippen LogP contribution is -2.35. The monoisotopic (exact) mass is 390 g/mol. The molecular weight excluding hydrogens is 372 g/mol. The van der Waals surface area contributed by atoms with Gasteiger partial charge in [0, 0.05) is 22.2 Å². The first-order valence-corrected chi connectivity index (χ1v) is 9.66. The van der Waals surface area contributed by atoms with Gasteiger partial charge in [0.15, 0.2) is 6.61 Å². The van der Waals surface area contributed by atoms with Crippen LogP contribution in [0.3, 0.4) is 0 Å². The van der Waals surface area contributed by atoms with Crippen LogP contribution in [-0.2, 0) is 9.53 Å². The maximum Gasteiger partial charge on any atom is 0.341 e. The van der Waals surface area contributed by atoms with E-state index in [-0.39, 0.29) is 18.6 Å². The molecule has 1 fully saturated rings. The number of esters is 1. The molecule has 0 radical (unpaired) electrons. The van der Waals surface area contributed by atoms with Gasteiger partial charge in [0.25, 0.3) is 5.91 Å². The van der Waals surface area contributed by atoms with Crippen LogP contribution < -0.4 is 5.32 Å². The van der Waals surface area contributed by atoms with Crippen LogP contribution in [0.25, 0.3) is 0 Å². The van der Waals surface area contributed by atoms with Crippen LogP contribution in [0.5, 0.6) is 0 Å². The summed E-state index contributed by atoms with van der Waals surface area (Å²) in [5, 5.41) is 4.06. The topological polar surface area (TPSA) is 68.3 Å². The summed E-state index contributed by atoms with van der Waals surface area (Å²) in [6.07, 6.45) is 5.85. The van der Waals surface area contributed by atoms with Crippen molar-refractivity contribution in [2.24, 2.45) is 0 Å². The first kappa shape index (κ1) is 18.7. The maximum atomic E-state index is 12.4. The fourth-order valence-electron chi connectivity index (χ4n) is 2.79. The first-order valence-electron chi connectivity index (χ1n) is 8.47. The number of hydrogen-bond donors (Lipinski definition) is 1. The molecule has 0 bridgehead atoms. The van der Waals surface area contributed by atoms with Crippen molar-refractivity contribution >= 4 is 35.2 Å². The number of pyridine rings is 1. The summed E-state index contributed by atoms with van der Waals surface area (Å²) in [4.78, 5) is 29.5. The number of halogens is 1. The number of nitrogens with one attached hydrogen (secondary N) is 1. The van der Waals surface area contributed by atoms with Crippen molar-refractivity contribution in [3.05, 3.63) is 53.2 Å². The van der Waals surface area contributed by atoms with E-state index in [1.165, 1.54) is 11.8 Å². The summed E-state index contributed by atoms with van der Waals surface area (Å²) < 4.78 is 5.17. The number of benzene rings is 1. The zero-order valence-corrected chi connectivity index (χ0v) is 15.7. The summed E-state index contributed by atoms with van der Waals surface area (Å²) in [6.45, 7) is -0.282. The predicted molar refractivity (Wildman–Crippen MR) is 100 cm³/mol. The Labute approximate surface area is 161 Å². The van der Waals surface area contributed by atoms with Crippen LogP contribution >= 0.6 is 23.4 Å². The zero-order valence-electron chi connectivity index (χ0n) is 14.1. The number of ether oxygens (including phenoxy) is 1. The Morgan fingerprint density at radius 3 is 2.65 bits per heavy atom. The molecule has 2 aromatic rings. The van der Waals surface area contributed by atoms with Gasteiger partial charge in [-0.05, 0) is 49.2 Å². The minimum atomic E-state index is -0.559. The molecule has 26 heavy (non-hydrogen) atoms. The molecule has 1 saturated carbocycles. The van der Waals surface area contributed by atoms with E-state index in [0.717, 1.165) is 30.6 Å². The molecular formula is C19H19ClN2O3S. The van der Waals surface area contributed by atoms with Crippen LogP contribution in [0.2, 0.25) is 5.02 Å². The number of hydrogen-bond acceptors (Lipinski definition) is 5. The molecule has 1 heterocycles. The largest absolute Gasteiger partial charge is 0.452 e. The smallest absolute Gasteiger partial charge is 0.341 e. The number of carbonyl (C=O) groups excluding carboxylic acids is 2. The SMILES string of the molecule is O=C(COC(=O)c1cccnc1Sc1ccc(Cl)cc1)NC1CCCC1. The fourth-order valence-corrected chi connectivity index (χ4v) is 3.79. The molecule has 7 heteroatoms. The lowest BCUT2D eigenvalue weighted by Gasteiger charge is -2.12. The minimum Gasteiger partial charge on any atom is -0.452 e. The van der Waals surface area contributed by atoms with E-state index in [9.17, 15) is 9.59 Å². The third kappa shape index (κ3) is 5.22. The molecule has 0 atom stereocenters. The third-order valence-electron chi connectivity index (χ3n) is 4.07. The summed E-state index contributed by atoms with van der Waals surface area (Å²) in [7, 11) is 0. The molecule has 5 nitrogen and oxygen atoms in total. The minimum absolute atomic E-state index is 0.204. The molecule has 1 amide bonds. The van der Waals surface area contributed by atoms with Crippen molar-refractivity contribution in [2.45, 2.75) is 41.6 Å². The van der Waals surface area contributed by atoms with E-state index < -0.39 is 5.97 Å². The van der Waals surface area contributed by atoms with Gasteiger partial charge in [0.1, 0.15) is 5.03 Å². The highest BCUT2D eigenvalue weighted by molar-refractivity contribution is 7.99. The van der Waals surface area contributed by atoms with Crippen molar-refractivity contribution in [1.29, 1.82) is 0 Å². The van der Waals surface area contributed by atoms with E-state index in [0.29, 0.717) is 15.6 Å². The van der Waals surface area contributed by atoms with Crippen LogP contribution in [0.4, 0.5) is 0 Å². The summed E-state index contributed by atoms with van der Waals surface area (Å²) in [5.41, 5.74) is 0.334.